The normalized spacial score (nSPS) is 18.0. The van der Waals surface area contributed by atoms with Gasteiger partial charge in [-0.05, 0) is 31.5 Å². The maximum absolute atomic E-state index is 12.6. The third-order valence-corrected chi connectivity index (χ3v) is 4.60. The van der Waals surface area contributed by atoms with Gasteiger partial charge in [-0.2, -0.15) is 8.78 Å². The number of halogens is 2. The number of likely N-dealkylation sites (N-methyl/N-ethyl adjacent to an activating group) is 1. The second kappa shape index (κ2) is 8.43. The summed E-state index contributed by atoms with van der Waals surface area (Å²) in [5.41, 5.74) is 0.363. The molecule has 0 spiro atoms. The minimum atomic E-state index is -2.55. The molecule has 0 aromatic heterocycles. The van der Waals surface area contributed by atoms with Crippen molar-refractivity contribution in [3.63, 3.8) is 0 Å². The lowest BCUT2D eigenvalue weighted by Crippen LogP contribution is -2.45. The standard InChI is InChI=1S/C16H21F2N3O2S/c1-20(2)15(23)12-7-5-9-21(12)10-14(22)19-11-6-3-4-8-13(11)24-16(17)18/h3-4,6,8,12,16H,5,7,9-10H2,1-2H3,(H,19,22). The van der Waals surface area contributed by atoms with Crippen LogP contribution in [0.5, 0.6) is 0 Å². The Morgan fingerprint density at radius 3 is 2.75 bits per heavy atom. The molecule has 24 heavy (non-hydrogen) atoms. The molecule has 1 atom stereocenters. The average molecular weight is 357 g/mol. The van der Waals surface area contributed by atoms with Crippen molar-refractivity contribution in [2.45, 2.75) is 29.5 Å². The lowest BCUT2D eigenvalue weighted by molar-refractivity contribution is -0.133. The number of nitrogens with one attached hydrogen (secondary N) is 1. The first-order valence-electron chi connectivity index (χ1n) is 7.67. The molecule has 1 aromatic rings. The minimum Gasteiger partial charge on any atom is -0.347 e. The minimum absolute atomic E-state index is 0.0195. The molecule has 1 heterocycles. The van der Waals surface area contributed by atoms with Crippen molar-refractivity contribution < 1.29 is 18.4 Å². The first-order chi connectivity index (χ1) is 11.4. The number of benzene rings is 1. The van der Waals surface area contributed by atoms with Gasteiger partial charge in [-0.3, -0.25) is 14.5 Å². The van der Waals surface area contributed by atoms with Gasteiger partial charge in [0, 0.05) is 19.0 Å². The Kier molecular flexibility index (Phi) is 6.56. The fourth-order valence-corrected chi connectivity index (χ4v) is 3.33. The Bertz CT molecular complexity index is 598. The predicted octanol–water partition coefficient (Wildman–Crippen LogP) is 2.49. The van der Waals surface area contributed by atoms with E-state index in [0.717, 1.165) is 12.8 Å². The van der Waals surface area contributed by atoms with E-state index in [2.05, 4.69) is 5.32 Å². The molecule has 1 unspecified atom stereocenters. The van der Waals surface area contributed by atoms with Gasteiger partial charge in [0.15, 0.2) is 0 Å². The van der Waals surface area contributed by atoms with E-state index in [9.17, 15) is 18.4 Å². The maximum atomic E-state index is 12.6. The molecule has 1 aliphatic rings. The molecule has 2 rings (SSSR count). The number of amides is 2. The lowest BCUT2D eigenvalue weighted by Gasteiger charge is -2.25. The zero-order valence-corrected chi connectivity index (χ0v) is 14.5. The third-order valence-electron chi connectivity index (χ3n) is 3.81. The van der Waals surface area contributed by atoms with E-state index >= 15 is 0 Å². The van der Waals surface area contributed by atoms with Gasteiger partial charge in [0.25, 0.3) is 5.76 Å². The number of thioether (sulfide) groups is 1. The molecule has 132 valence electrons. The largest absolute Gasteiger partial charge is 0.347 e. The monoisotopic (exact) mass is 357 g/mol. The van der Waals surface area contributed by atoms with Crippen molar-refractivity contribution in [2.24, 2.45) is 0 Å². The summed E-state index contributed by atoms with van der Waals surface area (Å²) in [6, 6.07) is 6.17. The Balaban J connectivity index is 1.99. The maximum Gasteiger partial charge on any atom is 0.288 e. The van der Waals surface area contributed by atoms with Gasteiger partial charge in [0.1, 0.15) is 0 Å². The van der Waals surface area contributed by atoms with Gasteiger partial charge in [-0.15, -0.1) is 0 Å². The third kappa shape index (κ3) is 4.91. The van der Waals surface area contributed by atoms with E-state index in [0.29, 0.717) is 28.9 Å². The highest BCUT2D eigenvalue weighted by atomic mass is 32.2. The van der Waals surface area contributed by atoms with E-state index < -0.39 is 5.76 Å². The molecule has 0 bridgehead atoms. The summed E-state index contributed by atoms with van der Waals surface area (Å²) in [5.74, 6) is -2.88. The molecule has 1 fully saturated rings. The number of hydrogen-bond donors (Lipinski definition) is 1. The lowest BCUT2D eigenvalue weighted by atomic mass is 10.2. The molecule has 1 aromatic carbocycles. The van der Waals surface area contributed by atoms with Gasteiger partial charge in [0.2, 0.25) is 11.8 Å². The highest BCUT2D eigenvalue weighted by Gasteiger charge is 2.32. The quantitative estimate of drug-likeness (QED) is 0.795. The molecular formula is C16H21F2N3O2S. The van der Waals surface area contributed by atoms with Crippen LogP contribution in [-0.2, 0) is 9.59 Å². The van der Waals surface area contributed by atoms with Crippen LogP contribution in [0.3, 0.4) is 0 Å². The van der Waals surface area contributed by atoms with Gasteiger partial charge >= 0.3 is 0 Å². The second-order valence-corrected chi connectivity index (χ2v) is 6.82. The number of carbonyl (C=O) groups is 2. The molecule has 1 N–H and O–H groups in total. The molecule has 0 radical (unpaired) electrons. The molecule has 5 nitrogen and oxygen atoms in total. The van der Waals surface area contributed by atoms with E-state index in [1.165, 1.54) is 4.90 Å². The van der Waals surface area contributed by atoms with E-state index in [4.69, 9.17) is 0 Å². The number of alkyl halides is 2. The molecule has 2 amide bonds. The van der Waals surface area contributed by atoms with Gasteiger partial charge in [-0.25, -0.2) is 0 Å². The molecule has 8 heteroatoms. The number of hydrogen-bond acceptors (Lipinski definition) is 4. The number of nitrogens with zero attached hydrogens (tertiary/aromatic N) is 2. The van der Waals surface area contributed by atoms with Crippen LogP contribution in [0.4, 0.5) is 14.5 Å². The van der Waals surface area contributed by atoms with Crippen LogP contribution in [0.15, 0.2) is 29.2 Å². The van der Waals surface area contributed by atoms with Gasteiger partial charge in [-0.1, -0.05) is 23.9 Å². The van der Waals surface area contributed by atoms with Crippen LogP contribution in [0.2, 0.25) is 0 Å². The highest BCUT2D eigenvalue weighted by molar-refractivity contribution is 7.99. The van der Waals surface area contributed by atoms with Crippen molar-refractivity contribution in [1.29, 1.82) is 0 Å². The van der Waals surface area contributed by atoms with Crippen molar-refractivity contribution in [1.82, 2.24) is 9.80 Å². The highest BCUT2D eigenvalue weighted by Crippen LogP contribution is 2.31. The first-order valence-corrected chi connectivity index (χ1v) is 8.55. The van der Waals surface area contributed by atoms with Crippen LogP contribution >= 0.6 is 11.8 Å². The number of likely N-dealkylation sites (tertiary alicyclic amines) is 1. The van der Waals surface area contributed by atoms with Crippen molar-refractivity contribution in [3.8, 4) is 0 Å². The van der Waals surface area contributed by atoms with Crippen molar-refractivity contribution in [3.05, 3.63) is 24.3 Å². The summed E-state index contributed by atoms with van der Waals surface area (Å²) in [4.78, 5) is 28.1. The average Bonchev–Trinajstić information content (AvgIpc) is 2.95. The topological polar surface area (TPSA) is 52.7 Å². The summed E-state index contributed by atoms with van der Waals surface area (Å²) in [6.45, 7) is 0.739. The fraction of sp³-hybridized carbons (Fsp3) is 0.500. The fourth-order valence-electron chi connectivity index (χ4n) is 2.74. The first kappa shape index (κ1) is 18.7. The van der Waals surface area contributed by atoms with E-state index in [1.807, 2.05) is 4.90 Å². The van der Waals surface area contributed by atoms with Gasteiger partial charge < -0.3 is 10.2 Å². The van der Waals surface area contributed by atoms with Crippen LogP contribution in [0.1, 0.15) is 12.8 Å². The Morgan fingerprint density at radius 1 is 1.38 bits per heavy atom. The number of anilines is 1. The zero-order valence-electron chi connectivity index (χ0n) is 13.7. The summed E-state index contributed by atoms with van der Waals surface area (Å²) >= 11 is 0.397. The Hall–Kier alpha value is -1.67. The van der Waals surface area contributed by atoms with Crippen LogP contribution in [0, 0.1) is 0 Å². The second-order valence-electron chi connectivity index (χ2n) is 5.78. The van der Waals surface area contributed by atoms with Gasteiger partial charge in [0.05, 0.1) is 18.3 Å². The summed E-state index contributed by atoms with van der Waals surface area (Å²) < 4.78 is 25.2. The van der Waals surface area contributed by atoms with E-state index in [1.54, 1.807) is 38.4 Å². The SMILES string of the molecule is CN(C)C(=O)C1CCCN1CC(=O)Nc1ccccc1SC(F)F. The van der Waals surface area contributed by atoms with Crippen molar-refractivity contribution in [2.75, 3.05) is 32.5 Å². The predicted molar refractivity (Wildman–Crippen MR) is 90.2 cm³/mol. The van der Waals surface area contributed by atoms with Crippen LogP contribution in [-0.4, -0.2) is 60.6 Å². The Labute approximate surface area is 144 Å². The zero-order chi connectivity index (χ0) is 17.7. The summed E-state index contributed by atoms with van der Waals surface area (Å²) in [6.07, 6.45) is 1.58. The number of para-hydroxylation sites is 1. The molecular weight excluding hydrogens is 336 g/mol. The van der Waals surface area contributed by atoms with Crippen LogP contribution in [0.25, 0.3) is 0 Å². The van der Waals surface area contributed by atoms with E-state index in [-0.39, 0.29) is 24.4 Å². The van der Waals surface area contributed by atoms with Crippen LogP contribution < -0.4 is 5.32 Å². The van der Waals surface area contributed by atoms with Crippen molar-refractivity contribution >= 4 is 29.3 Å². The molecule has 1 aliphatic heterocycles. The Morgan fingerprint density at radius 2 is 2.08 bits per heavy atom. The number of carbonyl (C=O) groups excluding carboxylic acids is 2. The summed E-state index contributed by atoms with van der Waals surface area (Å²) in [7, 11) is 3.38. The molecule has 1 saturated heterocycles. The molecule has 0 aliphatic carbocycles. The smallest absolute Gasteiger partial charge is 0.288 e. The number of rotatable bonds is 6. The summed E-state index contributed by atoms with van der Waals surface area (Å²) in [5, 5.41) is 2.67. The molecule has 0 saturated carbocycles.